The molecule has 0 amide bonds. The Morgan fingerprint density at radius 2 is 2.55 bits per heavy atom. The van der Waals surface area contributed by atoms with Crippen LogP contribution in [0.4, 0.5) is 0 Å². The van der Waals surface area contributed by atoms with E-state index in [1.807, 2.05) is 11.6 Å². The van der Waals surface area contributed by atoms with Gasteiger partial charge in [0.15, 0.2) is 0 Å². The van der Waals surface area contributed by atoms with Crippen molar-refractivity contribution in [2.75, 3.05) is 0 Å². The highest BCUT2D eigenvalue weighted by Gasteiger charge is 2.28. The van der Waals surface area contributed by atoms with Gasteiger partial charge in [0.05, 0.1) is 5.01 Å². The Bertz CT molecular complexity index is 216. The van der Waals surface area contributed by atoms with Crippen LogP contribution in [0, 0.1) is 5.92 Å². The second kappa shape index (κ2) is 2.91. The zero-order valence-corrected chi connectivity index (χ0v) is 7.18. The molecule has 3 heteroatoms. The van der Waals surface area contributed by atoms with E-state index in [4.69, 9.17) is 5.73 Å². The van der Waals surface area contributed by atoms with E-state index in [-0.39, 0.29) is 0 Å². The van der Waals surface area contributed by atoms with Crippen LogP contribution in [-0.2, 0) is 6.42 Å². The smallest absolute Gasteiger partial charge is 0.0940 e. The van der Waals surface area contributed by atoms with Crippen LogP contribution in [0.25, 0.3) is 0 Å². The van der Waals surface area contributed by atoms with Crippen LogP contribution in [-0.4, -0.2) is 11.0 Å². The van der Waals surface area contributed by atoms with E-state index in [9.17, 15) is 0 Å². The van der Waals surface area contributed by atoms with E-state index in [1.54, 1.807) is 11.3 Å². The predicted molar refractivity (Wildman–Crippen MR) is 46.5 cm³/mol. The molecular formula is C8H12N2S. The highest BCUT2D eigenvalue weighted by molar-refractivity contribution is 7.09. The minimum Gasteiger partial charge on any atom is -0.327 e. The van der Waals surface area contributed by atoms with Gasteiger partial charge in [0.2, 0.25) is 0 Å². The molecule has 0 bridgehead atoms. The first-order valence-electron chi connectivity index (χ1n) is 4.00. The largest absolute Gasteiger partial charge is 0.327 e. The lowest BCUT2D eigenvalue weighted by Crippen LogP contribution is -2.24. The van der Waals surface area contributed by atoms with Crippen molar-refractivity contribution >= 4 is 11.3 Å². The molecule has 1 aromatic heterocycles. The first-order chi connectivity index (χ1) is 5.36. The van der Waals surface area contributed by atoms with Gasteiger partial charge in [-0.2, -0.15) is 0 Å². The summed E-state index contributed by atoms with van der Waals surface area (Å²) in [6, 6.07) is 0.362. The number of nitrogens with zero attached hydrogens (tertiary/aromatic N) is 1. The molecule has 1 unspecified atom stereocenters. The van der Waals surface area contributed by atoms with Gasteiger partial charge in [-0.05, 0) is 18.8 Å². The van der Waals surface area contributed by atoms with Crippen molar-refractivity contribution in [2.45, 2.75) is 25.3 Å². The van der Waals surface area contributed by atoms with Crippen molar-refractivity contribution in [3.63, 3.8) is 0 Å². The van der Waals surface area contributed by atoms with Crippen LogP contribution in [0.5, 0.6) is 0 Å². The standard InChI is InChI=1S/C8H12N2S/c9-7(6-1-2-6)5-8-10-3-4-11-8/h3-4,6-7H,1-2,5,9H2. The van der Waals surface area contributed by atoms with Gasteiger partial charge in [-0.25, -0.2) is 4.98 Å². The lowest BCUT2D eigenvalue weighted by molar-refractivity contribution is 0.590. The predicted octanol–water partition coefficient (Wildman–Crippen LogP) is 1.42. The Morgan fingerprint density at radius 1 is 1.73 bits per heavy atom. The highest BCUT2D eigenvalue weighted by Crippen LogP contribution is 2.32. The average molecular weight is 168 g/mol. The molecule has 2 rings (SSSR count). The summed E-state index contributed by atoms with van der Waals surface area (Å²) >= 11 is 1.71. The van der Waals surface area contributed by atoms with Crippen molar-refractivity contribution in [2.24, 2.45) is 11.7 Å². The van der Waals surface area contributed by atoms with E-state index in [0.717, 1.165) is 12.3 Å². The van der Waals surface area contributed by atoms with E-state index < -0.39 is 0 Å². The maximum atomic E-state index is 5.94. The fourth-order valence-electron chi connectivity index (χ4n) is 1.25. The Hall–Kier alpha value is -0.410. The fraction of sp³-hybridized carbons (Fsp3) is 0.625. The molecule has 0 radical (unpaired) electrons. The van der Waals surface area contributed by atoms with Crippen LogP contribution < -0.4 is 5.73 Å². The van der Waals surface area contributed by atoms with Crippen LogP contribution in [0.1, 0.15) is 17.8 Å². The highest BCUT2D eigenvalue weighted by atomic mass is 32.1. The average Bonchev–Trinajstić information content (AvgIpc) is 2.73. The normalized spacial score (nSPS) is 20.1. The third-order valence-electron chi connectivity index (χ3n) is 2.12. The number of hydrogen-bond acceptors (Lipinski definition) is 3. The molecule has 1 aromatic rings. The van der Waals surface area contributed by atoms with Crippen LogP contribution in [0.15, 0.2) is 11.6 Å². The summed E-state index contributed by atoms with van der Waals surface area (Å²) in [6.45, 7) is 0. The Balaban J connectivity index is 1.89. The van der Waals surface area contributed by atoms with Crippen molar-refractivity contribution in [3.8, 4) is 0 Å². The monoisotopic (exact) mass is 168 g/mol. The summed E-state index contributed by atoms with van der Waals surface area (Å²) in [4.78, 5) is 4.20. The SMILES string of the molecule is NC(Cc1nccs1)C1CC1. The van der Waals surface area contributed by atoms with Crippen LogP contribution in [0.3, 0.4) is 0 Å². The first kappa shape index (κ1) is 7.25. The van der Waals surface area contributed by atoms with Crippen molar-refractivity contribution in [3.05, 3.63) is 16.6 Å². The maximum absolute atomic E-state index is 5.94. The Kier molecular flexibility index (Phi) is 1.92. The molecule has 1 saturated carbocycles. The zero-order valence-electron chi connectivity index (χ0n) is 6.36. The van der Waals surface area contributed by atoms with Gasteiger partial charge < -0.3 is 5.73 Å². The Labute approximate surface area is 70.5 Å². The molecule has 11 heavy (non-hydrogen) atoms. The van der Waals surface area contributed by atoms with Gasteiger partial charge in [-0.1, -0.05) is 0 Å². The van der Waals surface area contributed by atoms with Gasteiger partial charge in [0.25, 0.3) is 0 Å². The van der Waals surface area contributed by atoms with E-state index >= 15 is 0 Å². The second-order valence-electron chi connectivity index (χ2n) is 3.13. The summed E-state index contributed by atoms with van der Waals surface area (Å²) in [5.41, 5.74) is 5.94. The molecular weight excluding hydrogens is 156 g/mol. The van der Waals surface area contributed by atoms with Gasteiger partial charge in [0.1, 0.15) is 0 Å². The third-order valence-corrected chi connectivity index (χ3v) is 2.92. The molecule has 60 valence electrons. The molecule has 1 aliphatic rings. The Morgan fingerprint density at radius 3 is 3.09 bits per heavy atom. The third kappa shape index (κ3) is 1.79. The molecule has 2 N–H and O–H groups in total. The zero-order chi connectivity index (χ0) is 7.68. The van der Waals surface area contributed by atoms with Crippen LogP contribution in [0.2, 0.25) is 0 Å². The number of rotatable bonds is 3. The topological polar surface area (TPSA) is 38.9 Å². The minimum absolute atomic E-state index is 0.362. The molecule has 0 aliphatic heterocycles. The fourth-order valence-corrected chi connectivity index (χ4v) is 1.94. The summed E-state index contributed by atoms with van der Waals surface area (Å²) < 4.78 is 0. The van der Waals surface area contributed by atoms with E-state index in [2.05, 4.69) is 4.98 Å². The molecule has 2 nitrogen and oxygen atoms in total. The molecule has 0 aromatic carbocycles. The van der Waals surface area contributed by atoms with Crippen molar-refractivity contribution in [1.29, 1.82) is 0 Å². The molecule has 1 heterocycles. The minimum atomic E-state index is 0.362. The van der Waals surface area contributed by atoms with Crippen LogP contribution >= 0.6 is 11.3 Å². The van der Waals surface area contributed by atoms with Gasteiger partial charge in [-0.3, -0.25) is 0 Å². The second-order valence-corrected chi connectivity index (χ2v) is 4.11. The number of hydrogen-bond donors (Lipinski definition) is 1. The molecule has 1 fully saturated rings. The van der Waals surface area contributed by atoms with E-state index in [0.29, 0.717) is 6.04 Å². The van der Waals surface area contributed by atoms with E-state index in [1.165, 1.54) is 17.8 Å². The van der Waals surface area contributed by atoms with Crippen molar-refractivity contribution < 1.29 is 0 Å². The first-order valence-corrected chi connectivity index (χ1v) is 4.88. The van der Waals surface area contributed by atoms with Gasteiger partial charge in [0, 0.05) is 24.0 Å². The molecule has 0 saturated heterocycles. The molecule has 1 atom stereocenters. The van der Waals surface area contributed by atoms with Gasteiger partial charge in [-0.15, -0.1) is 11.3 Å². The molecule has 0 spiro atoms. The number of aromatic nitrogens is 1. The molecule has 1 aliphatic carbocycles. The summed E-state index contributed by atoms with van der Waals surface area (Å²) in [6.07, 6.45) is 5.47. The lowest BCUT2D eigenvalue weighted by Gasteiger charge is -2.05. The number of nitrogens with two attached hydrogens (primary N) is 1. The summed E-state index contributed by atoms with van der Waals surface area (Å²) in [7, 11) is 0. The quantitative estimate of drug-likeness (QED) is 0.741. The van der Waals surface area contributed by atoms with Crippen molar-refractivity contribution in [1.82, 2.24) is 4.98 Å². The maximum Gasteiger partial charge on any atom is 0.0940 e. The summed E-state index contributed by atoms with van der Waals surface area (Å²) in [5.74, 6) is 0.791. The number of thiazole rings is 1. The lowest BCUT2D eigenvalue weighted by atomic mass is 10.1. The van der Waals surface area contributed by atoms with Gasteiger partial charge >= 0.3 is 0 Å². The summed E-state index contributed by atoms with van der Waals surface area (Å²) in [5, 5.41) is 3.19.